The third-order valence-electron chi connectivity index (χ3n) is 4.79. The molecule has 2 aromatic carbocycles. The molecule has 0 bridgehead atoms. The number of nitrogens with zero attached hydrogens (tertiary/aromatic N) is 3. The Morgan fingerprint density at radius 2 is 1.84 bits per heavy atom. The first-order valence-electron chi connectivity index (χ1n) is 10.1. The SMILES string of the molecule is COc1cc(/C=N/OCc2cc(=O)n3ccc(C)cc3n2)ccc1OCc1ccccc1. The Balaban J connectivity index is 1.39. The van der Waals surface area contributed by atoms with Gasteiger partial charge in [-0.2, -0.15) is 0 Å². The van der Waals surface area contributed by atoms with Crippen molar-refractivity contribution < 1.29 is 14.3 Å². The van der Waals surface area contributed by atoms with Gasteiger partial charge in [-0.15, -0.1) is 0 Å². The molecule has 0 aliphatic carbocycles. The monoisotopic (exact) mass is 429 g/mol. The van der Waals surface area contributed by atoms with Crippen molar-refractivity contribution in [1.82, 2.24) is 9.38 Å². The number of aryl methyl sites for hydroxylation is 1. The average Bonchev–Trinajstić information content (AvgIpc) is 2.81. The largest absolute Gasteiger partial charge is 0.493 e. The zero-order valence-electron chi connectivity index (χ0n) is 17.9. The molecule has 0 saturated heterocycles. The molecule has 7 nitrogen and oxygen atoms in total. The fourth-order valence-corrected chi connectivity index (χ4v) is 3.15. The van der Waals surface area contributed by atoms with E-state index in [2.05, 4.69) is 10.1 Å². The normalized spacial score (nSPS) is 11.1. The lowest BCUT2D eigenvalue weighted by molar-refractivity contribution is 0.129. The molecule has 0 unspecified atom stereocenters. The molecule has 0 aliphatic rings. The van der Waals surface area contributed by atoms with Crippen molar-refractivity contribution in [3.8, 4) is 11.5 Å². The maximum Gasteiger partial charge on any atom is 0.258 e. The van der Waals surface area contributed by atoms with Gasteiger partial charge >= 0.3 is 0 Å². The van der Waals surface area contributed by atoms with Crippen LogP contribution in [0.3, 0.4) is 0 Å². The molecular formula is C25H23N3O4. The highest BCUT2D eigenvalue weighted by Crippen LogP contribution is 2.28. The number of fused-ring (bicyclic) bond motifs is 1. The van der Waals surface area contributed by atoms with Crippen molar-refractivity contribution >= 4 is 11.9 Å². The van der Waals surface area contributed by atoms with Crippen molar-refractivity contribution in [2.24, 2.45) is 5.16 Å². The number of oxime groups is 1. The van der Waals surface area contributed by atoms with E-state index in [-0.39, 0.29) is 12.2 Å². The molecule has 0 radical (unpaired) electrons. The van der Waals surface area contributed by atoms with Gasteiger partial charge in [0.25, 0.3) is 5.56 Å². The molecule has 162 valence electrons. The molecule has 0 aliphatic heterocycles. The minimum atomic E-state index is -0.159. The van der Waals surface area contributed by atoms with Crippen molar-refractivity contribution in [2.75, 3.05) is 7.11 Å². The van der Waals surface area contributed by atoms with E-state index in [1.807, 2.05) is 67.6 Å². The lowest BCUT2D eigenvalue weighted by Gasteiger charge is -2.11. The third-order valence-corrected chi connectivity index (χ3v) is 4.79. The average molecular weight is 429 g/mol. The van der Waals surface area contributed by atoms with Crippen LogP contribution in [0.5, 0.6) is 11.5 Å². The van der Waals surface area contributed by atoms with Crippen LogP contribution in [-0.4, -0.2) is 22.7 Å². The second kappa shape index (κ2) is 9.78. The van der Waals surface area contributed by atoms with Crippen LogP contribution in [0.4, 0.5) is 0 Å². The second-order valence-corrected chi connectivity index (χ2v) is 7.21. The van der Waals surface area contributed by atoms with Crippen molar-refractivity contribution in [1.29, 1.82) is 0 Å². The molecule has 0 amide bonds. The second-order valence-electron chi connectivity index (χ2n) is 7.21. The Labute approximate surface area is 185 Å². The van der Waals surface area contributed by atoms with Crippen LogP contribution in [0.15, 0.2) is 82.9 Å². The Kier molecular flexibility index (Phi) is 6.46. The highest BCUT2D eigenvalue weighted by atomic mass is 16.6. The molecule has 7 heteroatoms. The summed E-state index contributed by atoms with van der Waals surface area (Å²) in [6.45, 7) is 2.49. The zero-order valence-corrected chi connectivity index (χ0v) is 17.9. The van der Waals surface area contributed by atoms with Crippen LogP contribution >= 0.6 is 0 Å². The maximum atomic E-state index is 12.2. The number of hydrogen-bond acceptors (Lipinski definition) is 6. The molecule has 0 atom stereocenters. The molecule has 2 heterocycles. The quantitative estimate of drug-likeness (QED) is 0.311. The molecule has 0 spiro atoms. The van der Waals surface area contributed by atoms with Crippen LogP contribution in [0.1, 0.15) is 22.4 Å². The van der Waals surface area contributed by atoms with Gasteiger partial charge in [0, 0.05) is 17.8 Å². The first kappa shape index (κ1) is 21.1. The number of benzene rings is 2. The van der Waals surface area contributed by atoms with Crippen LogP contribution < -0.4 is 15.0 Å². The van der Waals surface area contributed by atoms with Gasteiger partial charge in [-0.05, 0) is 48.4 Å². The molecular weight excluding hydrogens is 406 g/mol. The van der Waals surface area contributed by atoms with Crippen molar-refractivity contribution in [3.05, 3.63) is 106 Å². The summed E-state index contributed by atoms with van der Waals surface area (Å²) in [6.07, 6.45) is 3.28. The Hall–Kier alpha value is -4.13. The van der Waals surface area contributed by atoms with E-state index in [4.69, 9.17) is 14.3 Å². The molecule has 2 aromatic heterocycles. The fraction of sp³-hybridized carbons (Fsp3) is 0.160. The summed E-state index contributed by atoms with van der Waals surface area (Å²) >= 11 is 0. The summed E-state index contributed by atoms with van der Waals surface area (Å²) in [5.41, 5.74) is 3.82. The zero-order chi connectivity index (χ0) is 22.3. The Bertz CT molecular complexity index is 1300. The Morgan fingerprint density at radius 3 is 2.66 bits per heavy atom. The van der Waals surface area contributed by atoms with E-state index < -0.39 is 0 Å². The van der Waals surface area contributed by atoms with Crippen LogP contribution in [0.2, 0.25) is 0 Å². The van der Waals surface area contributed by atoms with E-state index in [1.54, 1.807) is 19.5 Å². The van der Waals surface area contributed by atoms with Gasteiger partial charge in [0.15, 0.2) is 18.1 Å². The lowest BCUT2D eigenvalue weighted by atomic mass is 10.2. The fourth-order valence-electron chi connectivity index (χ4n) is 3.15. The highest BCUT2D eigenvalue weighted by Gasteiger charge is 2.06. The van der Waals surface area contributed by atoms with Gasteiger partial charge in [0.1, 0.15) is 12.3 Å². The smallest absolute Gasteiger partial charge is 0.258 e. The number of pyridine rings is 1. The molecule has 0 saturated carbocycles. The molecule has 0 fully saturated rings. The predicted molar refractivity (Wildman–Crippen MR) is 122 cm³/mol. The van der Waals surface area contributed by atoms with E-state index in [1.165, 1.54) is 10.5 Å². The van der Waals surface area contributed by atoms with E-state index in [9.17, 15) is 4.79 Å². The van der Waals surface area contributed by atoms with Gasteiger partial charge in [-0.3, -0.25) is 9.20 Å². The Morgan fingerprint density at radius 1 is 1.00 bits per heavy atom. The summed E-state index contributed by atoms with van der Waals surface area (Å²) in [7, 11) is 1.59. The van der Waals surface area contributed by atoms with Crippen LogP contribution in [-0.2, 0) is 18.1 Å². The number of hydrogen-bond donors (Lipinski definition) is 0. The molecule has 4 aromatic rings. The lowest BCUT2D eigenvalue weighted by Crippen LogP contribution is -2.15. The first-order chi connectivity index (χ1) is 15.6. The summed E-state index contributed by atoms with van der Waals surface area (Å²) in [5.74, 6) is 1.25. The summed E-state index contributed by atoms with van der Waals surface area (Å²) in [6, 6.07) is 20.6. The standard InChI is InChI=1S/C25H23N3O4/c1-18-10-11-28-24(12-18)27-21(14-25(28)29)17-32-26-15-20-8-9-22(23(13-20)30-2)31-16-19-6-4-3-5-7-19/h3-15H,16-17H2,1-2H3/b26-15+. The maximum absolute atomic E-state index is 12.2. The van der Waals surface area contributed by atoms with Gasteiger partial charge in [-0.25, -0.2) is 4.98 Å². The number of rotatable bonds is 8. The van der Waals surface area contributed by atoms with E-state index >= 15 is 0 Å². The van der Waals surface area contributed by atoms with E-state index in [0.29, 0.717) is 29.4 Å². The van der Waals surface area contributed by atoms with Crippen LogP contribution in [0, 0.1) is 6.92 Å². The minimum Gasteiger partial charge on any atom is -0.493 e. The third kappa shape index (κ3) is 5.13. The van der Waals surface area contributed by atoms with Gasteiger partial charge in [-0.1, -0.05) is 35.5 Å². The summed E-state index contributed by atoms with van der Waals surface area (Å²) in [4.78, 5) is 22.0. The number of aromatic nitrogens is 2. The number of methoxy groups -OCH3 is 1. The molecule has 0 N–H and O–H groups in total. The van der Waals surface area contributed by atoms with Crippen molar-refractivity contribution in [3.63, 3.8) is 0 Å². The van der Waals surface area contributed by atoms with Gasteiger partial charge in [0.2, 0.25) is 0 Å². The van der Waals surface area contributed by atoms with Gasteiger partial charge in [0.05, 0.1) is 19.0 Å². The first-order valence-corrected chi connectivity index (χ1v) is 10.1. The predicted octanol–water partition coefficient (Wildman–Crippen LogP) is 4.14. The minimum absolute atomic E-state index is 0.0889. The summed E-state index contributed by atoms with van der Waals surface area (Å²) < 4.78 is 12.8. The molecule has 4 rings (SSSR count). The van der Waals surface area contributed by atoms with E-state index in [0.717, 1.165) is 16.7 Å². The van der Waals surface area contributed by atoms with Crippen LogP contribution in [0.25, 0.3) is 5.65 Å². The summed E-state index contributed by atoms with van der Waals surface area (Å²) in [5, 5.41) is 3.99. The molecule has 32 heavy (non-hydrogen) atoms. The van der Waals surface area contributed by atoms with Crippen molar-refractivity contribution in [2.45, 2.75) is 20.1 Å². The topological polar surface area (TPSA) is 74.4 Å². The highest BCUT2D eigenvalue weighted by molar-refractivity contribution is 5.80. The van der Waals surface area contributed by atoms with Gasteiger partial charge < -0.3 is 14.3 Å². The number of ether oxygens (including phenoxy) is 2.